The van der Waals surface area contributed by atoms with Crippen LogP contribution in [0.2, 0.25) is 0 Å². The number of thiophene rings is 1. The molecule has 1 aromatic carbocycles. The van der Waals surface area contributed by atoms with E-state index in [2.05, 4.69) is 58.9 Å². The molecule has 0 aliphatic carbocycles. The van der Waals surface area contributed by atoms with Crippen molar-refractivity contribution < 1.29 is 0 Å². The molecule has 0 atom stereocenters. The Labute approximate surface area is 154 Å². The monoisotopic (exact) mass is 429 g/mol. The molecule has 0 aliphatic heterocycles. The Kier molecular flexibility index (Phi) is 9.15. The molecule has 0 unspecified atom stereocenters. The maximum atomic E-state index is 4.26. The molecule has 2 N–H and O–H groups in total. The van der Waals surface area contributed by atoms with Crippen molar-refractivity contribution in [3.63, 3.8) is 0 Å². The Morgan fingerprint density at radius 3 is 2.41 bits per heavy atom. The zero-order valence-corrected chi connectivity index (χ0v) is 16.3. The van der Waals surface area contributed by atoms with Crippen LogP contribution < -0.4 is 10.6 Å². The minimum Gasteiger partial charge on any atom is -0.356 e. The van der Waals surface area contributed by atoms with E-state index in [1.165, 1.54) is 15.3 Å². The Morgan fingerprint density at radius 2 is 1.77 bits per heavy atom. The van der Waals surface area contributed by atoms with Crippen molar-refractivity contribution in [1.82, 2.24) is 10.6 Å². The fourth-order valence-corrected chi connectivity index (χ4v) is 2.97. The lowest BCUT2D eigenvalue weighted by Crippen LogP contribution is -2.37. The molecule has 0 saturated carbocycles. The Hall–Kier alpha value is -1.08. The molecule has 2 aromatic rings. The van der Waals surface area contributed by atoms with Crippen LogP contribution in [0.15, 0.2) is 47.5 Å². The van der Waals surface area contributed by atoms with E-state index in [4.69, 9.17) is 0 Å². The summed E-state index contributed by atoms with van der Waals surface area (Å²) in [7, 11) is 1.81. The second-order valence-electron chi connectivity index (χ2n) is 4.81. The molecule has 0 bridgehead atoms. The van der Waals surface area contributed by atoms with E-state index in [0.29, 0.717) is 0 Å². The highest BCUT2D eigenvalue weighted by atomic mass is 127. The Balaban J connectivity index is 0.00000242. The number of hydrogen-bond acceptors (Lipinski definition) is 2. The summed E-state index contributed by atoms with van der Waals surface area (Å²) < 4.78 is 0. The van der Waals surface area contributed by atoms with Gasteiger partial charge in [0.1, 0.15) is 0 Å². The molecule has 22 heavy (non-hydrogen) atoms. The number of aryl methyl sites for hydroxylation is 1. The van der Waals surface area contributed by atoms with Crippen LogP contribution >= 0.6 is 35.3 Å². The van der Waals surface area contributed by atoms with Crippen LogP contribution in [0.25, 0.3) is 0 Å². The van der Waals surface area contributed by atoms with E-state index in [1.54, 1.807) is 0 Å². The summed E-state index contributed by atoms with van der Waals surface area (Å²) in [4.78, 5) is 7.04. The average Bonchev–Trinajstić information content (AvgIpc) is 3.00. The summed E-state index contributed by atoms with van der Waals surface area (Å²) in [6.45, 7) is 3.90. The van der Waals surface area contributed by atoms with Crippen molar-refractivity contribution in [3.05, 3.63) is 57.8 Å². The first-order valence-corrected chi connectivity index (χ1v) is 8.19. The van der Waals surface area contributed by atoms with Crippen molar-refractivity contribution in [1.29, 1.82) is 0 Å². The van der Waals surface area contributed by atoms with E-state index >= 15 is 0 Å². The number of benzene rings is 1. The number of aliphatic imine (C=N–C) groups is 1. The third-order valence-corrected chi connectivity index (χ3v) is 4.50. The van der Waals surface area contributed by atoms with Gasteiger partial charge >= 0.3 is 0 Å². The van der Waals surface area contributed by atoms with E-state index in [-0.39, 0.29) is 24.0 Å². The number of halogens is 1. The quantitative estimate of drug-likeness (QED) is 0.416. The summed E-state index contributed by atoms with van der Waals surface area (Å²) in [5, 5.41) is 6.71. The van der Waals surface area contributed by atoms with Gasteiger partial charge in [0.15, 0.2) is 5.96 Å². The zero-order valence-electron chi connectivity index (χ0n) is 13.1. The van der Waals surface area contributed by atoms with Crippen molar-refractivity contribution in [2.24, 2.45) is 4.99 Å². The van der Waals surface area contributed by atoms with Crippen molar-refractivity contribution >= 4 is 41.3 Å². The third-order valence-electron chi connectivity index (χ3n) is 3.27. The van der Waals surface area contributed by atoms with Gasteiger partial charge in [0.25, 0.3) is 0 Å². The maximum Gasteiger partial charge on any atom is 0.191 e. The highest BCUT2D eigenvalue weighted by Crippen LogP contribution is 2.16. The Bertz CT molecular complexity index is 566. The smallest absolute Gasteiger partial charge is 0.191 e. The lowest BCUT2D eigenvalue weighted by Gasteiger charge is -2.11. The van der Waals surface area contributed by atoms with E-state index in [9.17, 15) is 0 Å². The molecule has 0 spiro atoms. The summed E-state index contributed by atoms with van der Waals surface area (Å²) >= 11 is 1.86. The number of nitrogens with one attached hydrogen (secondary N) is 2. The highest BCUT2D eigenvalue weighted by molar-refractivity contribution is 14.0. The molecule has 0 saturated heterocycles. The summed E-state index contributed by atoms with van der Waals surface area (Å²) in [6, 6.07) is 14.9. The summed E-state index contributed by atoms with van der Waals surface area (Å²) in [6.07, 6.45) is 2.11. The van der Waals surface area contributed by atoms with E-state index in [0.717, 1.165) is 31.9 Å². The van der Waals surface area contributed by atoms with Gasteiger partial charge in [0.05, 0.1) is 6.54 Å². The molecule has 1 heterocycles. The summed E-state index contributed by atoms with van der Waals surface area (Å²) in [5.74, 6) is 0.859. The first-order valence-electron chi connectivity index (χ1n) is 7.38. The van der Waals surface area contributed by atoms with Crippen LogP contribution in [0.3, 0.4) is 0 Å². The number of rotatable bonds is 6. The maximum absolute atomic E-state index is 4.26. The summed E-state index contributed by atoms with van der Waals surface area (Å²) in [5.41, 5.74) is 1.34. The van der Waals surface area contributed by atoms with Gasteiger partial charge in [-0.05, 0) is 30.5 Å². The first-order chi connectivity index (χ1) is 10.3. The van der Waals surface area contributed by atoms with Crippen LogP contribution in [-0.4, -0.2) is 19.6 Å². The predicted octanol–water partition coefficient (Wildman–Crippen LogP) is 3.84. The standard InChI is InChI=1S/C17H23N3S.HI/c1-3-15-9-10-16(21-15)13-20-17(18-2)19-12-11-14-7-5-4-6-8-14;/h4-10H,3,11-13H2,1-2H3,(H2,18,19,20);1H. The van der Waals surface area contributed by atoms with Crippen molar-refractivity contribution in [2.45, 2.75) is 26.3 Å². The van der Waals surface area contributed by atoms with Gasteiger partial charge in [0.2, 0.25) is 0 Å². The molecule has 0 radical (unpaired) electrons. The van der Waals surface area contributed by atoms with Crippen LogP contribution in [-0.2, 0) is 19.4 Å². The zero-order chi connectivity index (χ0) is 14.9. The lowest BCUT2D eigenvalue weighted by molar-refractivity contribution is 0.799. The molecule has 5 heteroatoms. The van der Waals surface area contributed by atoms with Gasteiger partial charge in [-0.25, -0.2) is 0 Å². The SMILES string of the molecule is CCc1ccc(CNC(=NC)NCCc2ccccc2)s1.I. The number of hydrogen-bond donors (Lipinski definition) is 2. The Morgan fingerprint density at radius 1 is 1.05 bits per heavy atom. The molecular formula is C17H24IN3S. The van der Waals surface area contributed by atoms with E-state index < -0.39 is 0 Å². The molecule has 120 valence electrons. The van der Waals surface area contributed by atoms with Gasteiger partial charge < -0.3 is 10.6 Å². The van der Waals surface area contributed by atoms with Crippen LogP contribution in [0.4, 0.5) is 0 Å². The molecule has 0 fully saturated rings. The topological polar surface area (TPSA) is 36.4 Å². The van der Waals surface area contributed by atoms with Gasteiger partial charge in [-0.2, -0.15) is 0 Å². The van der Waals surface area contributed by atoms with Crippen molar-refractivity contribution in [3.8, 4) is 0 Å². The van der Waals surface area contributed by atoms with Gasteiger partial charge in [-0.15, -0.1) is 35.3 Å². The number of guanidine groups is 1. The van der Waals surface area contributed by atoms with E-state index in [1.807, 2.05) is 24.5 Å². The first kappa shape index (κ1) is 19.0. The minimum atomic E-state index is 0. The van der Waals surface area contributed by atoms with Gasteiger partial charge in [0, 0.05) is 23.3 Å². The van der Waals surface area contributed by atoms with Crippen LogP contribution in [0.5, 0.6) is 0 Å². The second-order valence-corrected chi connectivity index (χ2v) is 6.06. The fourth-order valence-electron chi connectivity index (χ4n) is 2.07. The van der Waals surface area contributed by atoms with Crippen LogP contribution in [0, 0.1) is 0 Å². The van der Waals surface area contributed by atoms with Crippen molar-refractivity contribution in [2.75, 3.05) is 13.6 Å². The third kappa shape index (κ3) is 6.36. The molecule has 2 rings (SSSR count). The molecular weight excluding hydrogens is 405 g/mol. The highest BCUT2D eigenvalue weighted by Gasteiger charge is 2.01. The predicted molar refractivity (Wildman–Crippen MR) is 107 cm³/mol. The fraction of sp³-hybridized carbons (Fsp3) is 0.353. The van der Waals surface area contributed by atoms with Gasteiger partial charge in [-0.3, -0.25) is 4.99 Å². The lowest BCUT2D eigenvalue weighted by atomic mass is 10.1. The average molecular weight is 429 g/mol. The largest absolute Gasteiger partial charge is 0.356 e. The second kappa shape index (κ2) is 10.6. The van der Waals surface area contributed by atoms with Crippen LogP contribution in [0.1, 0.15) is 22.2 Å². The molecule has 0 aliphatic rings. The van der Waals surface area contributed by atoms with Gasteiger partial charge in [-0.1, -0.05) is 37.3 Å². The minimum absolute atomic E-state index is 0. The molecule has 3 nitrogen and oxygen atoms in total. The number of nitrogens with zero attached hydrogens (tertiary/aromatic N) is 1. The molecule has 0 amide bonds. The molecule has 1 aromatic heterocycles. The normalized spacial score (nSPS) is 10.9.